The summed E-state index contributed by atoms with van der Waals surface area (Å²) in [6.07, 6.45) is 2.25. The van der Waals surface area contributed by atoms with Crippen LogP contribution in [0.25, 0.3) is 0 Å². The lowest BCUT2D eigenvalue weighted by atomic mass is 10.1. The molecule has 92 valence electrons. The average molecular weight is 297 g/mol. The molecule has 3 nitrogen and oxygen atoms in total. The molecule has 1 aliphatic rings. The summed E-state index contributed by atoms with van der Waals surface area (Å²) in [5.74, 6) is 0.735. The van der Waals surface area contributed by atoms with Crippen molar-refractivity contribution >= 4 is 27.5 Å². The second kappa shape index (κ2) is 5.08. The zero-order valence-electron chi connectivity index (χ0n) is 9.95. The van der Waals surface area contributed by atoms with Gasteiger partial charge in [-0.05, 0) is 40.4 Å². The number of hydrogen-bond donors (Lipinski definition) is 1. The number of nitrogen functional groups attached to an aromatic ring is 1. The summed E-state index contributed by atoms with van der Waals surface area (Å²) in [7, 11) is 0. The summed E-state index contributed by atoms with van der Waals surface area (Å²) in [6.45, 7) is 3.91. The molecule has 1 amide bonds. The highest BCUT2D eigenvalue weighted by Gasteiger charge is 2.26. The van der Waals surface area contributed by atoms with E-state index in [4.69, 9.17) is 5.73 Å². The molecule has 0 saturated carbocycles. The maximum absolute atomic E-state index is 12.3. The van der Waals surface area contributed by atoms with Crippen LogP contribution >= 0.6 is 15.9 Å². The number of benzene rings is 1. The summed E-state index contributed by atoms with van der Waals surface area (Å²) in [5, 5.41) is 0. The maximum atomic E-state index is 12.3. The zero-order chi connectivity index (χ0) is 12.4. The quantitative estimate of drug-likeness (QED) is 0.853. The van der Waals surface area contributed by atoms with Crippen LogP contribution in [0.1, 0.15) is 30.1 Å². The van der Waals surface area contributed by atoms with E-state index in [0.717, 1.165) is 25.9 Å². The number of amides is 1. The van der Waals surface area contributed by atoms with Crippen LogP contribution in [0.15, 0.2) is 22.7 Å². The van der Waals surface area contributed by atoms with E-state index in [1.165, 1.54) is 0 Å². The Balaban J connectivity index is 2.18. The first kappa shape index (κ1) is 12.4. The van der Waals surface area contributed by atoms with Gasteiger partial charge in [-0.3, -0.25) is 4.79 Å². The van der Waals surface area contributed by atoms with Crippen LogP contribution in [0.2, 0.25) is 0 Å². The van der Waals surface area contributed by atoms with Gasteiger partial charge in [0.25, 0.3) is 5.91 Å². The number of carbonyl (C=O) groups excluding carboxylic acids is 1. The van der Waals surface area contributed by atoms with E-state index in [9.17, 15) is 4.79 Å². The largest absolute Gasteiger partial charge is 0.398 e. The summed E-state index contributed by atoms with van der Waals surface area (Å²) >= 11 is 3.39. The van der Waals surface area contributed by atoms with Crippen molar-refractivity contribution in [1.82, 2.24) is 4.90 Å². The molecule has 0 aliphatic carbocycles. The number of nitrogens with two attached hydrogens (primary N) is 1. The lowest BCUT2D eigenvalue weighted by molar-refractivity contribution is 0.0786. The van der Waals surface area contributed by atoms with Crippen LogP contribution in [-0.4, -0.2) is 23.9 Å². The molecule has 2 N–H and O–H groups in total. The minimum atomic E-state index is 0.0834. The van der Waals surface area contributed by atoms with E-state index in [1.807, 2.05) is 17.0 Å². The molecular weight excluding hydrogens is 280 g/mol. The van der Waals surface area contributed by atoms with Crippen molar-refractivity contribution in [2.45, 2.75) is 19.8 Å². The summed E-state index contributed by atoms with van der Waals surface area (Å²) in [6, 6.07) is 5.43. The fraction of sp³-hybridized carbons (Fsp3) is 0.462. The molecule has 1 atom stereocenters. The highest BCUT2D eigenvalue weighted by Crippen LogP contribution is 2.27. The third-order valence-electron chi connectivity index (χ3n) is 3.41. The van der Waals surface area contributed by atoms with E-state index in [0.29, 0.717) is 21.6 Å². The molecule has 0 aromatic heterocycles. The van der Waals surface area contributed by atoms with Crippen LogP contribution < -0.4 is 5.73 Å². The van der Waals surface area contributed by atoms with Gasteiger partial charge in [0.05, 0.1) is 10.0 Å². The Hall–Kier alpha value is -1.03. The van der Waals surface area contributed by atoms with Crippen LogP contribution in [0.4, 0.5) is 5.69 Å². The van der Waals surface area contributed by atoms with Gasteiger partial charge >= 0.3 is 0 Å². The molecule has 17 heavy (non-hydrogen) atoms. The molecule has 0 bridgehead atoms. The Morgan fingerprint density at radius 2 is 2.35 bits per heavy atom. The predicted molar refractivity (Wildman–Crippen MR) is 72.9 cm³/mol. The summed E-state index contributed by atoms with van der Waals surface area (Å²) < 4.78 is 0.713. The standard InChI is InChI=1S/C13H17BrN2O/c1-2-9-6-7-16(8-9)13(17)10-4-3-5-11(15)12(10)14/h3-5,9H,2,6-8,15H2,1H3. The fourth-order valence-corrected chi connectivity index (χ4v) is 2.67. The fourth-order valence-electron chi connectivity index (χ4n) is 2.24. The van der Waals surface area contributed by atoms with E-state index < -0.39 is 0 Å². The normalized spacial score (nSPS) is 19.6. The molecule has 0 spiro atoms. The average Bonchev–Trinajstić information content (AvgIpc) is 2.80. The van der Waals surface area contributed by atoms with Crippen molar-refractivity contribution in [1.29, 1.82) is 0 Å². The summed E-state index contributed by atoms with van der Waals surface area (Å²) in [5.41, 5.74) is 7.07. The second-order valence-electron chi connectivity index (χ2n) is 4.52. The molecule has 1 fully saturated rings. The first-order chi connectivity index (χ1) is 8.13. The topological polar surface area (TPSA) is 46.3 Å². The Kier molecular flexibility index (Phi) is 3.72. The number of halogens is 1. The first-order valence-electron chi connectivity index (χ1n) is 5.96. The van der Waals surface area contributed by atoms with Crippen molar-refractivity contribution < 1.29 is 4.79 Å². The number of likely N-dealkylation sites (tertiary alicyclic amines) is 1. The van der Waals surface area contributed by atoms with Crippen LogP contribution in [0.3, 0.4) is 0 Å². The lowest BCUT2D eigenvalue weighted by Crippen LogP contribution is -2.29. The van der Waals surface area contributed by atoms with E-state index in [-0.39, 0.29) is 5.91 Å². The molecule has 1 saturated heterocycles. The molecule has 1 unspecified atom stereocenters. The molecule has 1 aliphatic heterocycles. The van der Waals surface area contributed by atoms with Crippen molar-refractivity contribution in [3.05, 3.63) is 28.2 Å². The van der Waals surface area contributed by atoms with E-state index in [1.54, 1.807) is 6.07 Å². The van der Waals surface area contributed by atoms with Gasteiger partial charge in [-0.25, -0.2) is 0 Å². The van der Waals surface area contributed by atoms with Gasteiger partial charge < -0.3 is 10.6 Å². The molecule has 1 heterocycles. The second-order valence-corrected chi connectivity index (χ2v) is 5.32. The predicted octanol–water partition coefficient (Wildman–Crippen LogP) is 2.90. The Morgan fingerprint density at radius 3 is 3.00 bits per heavy atom. The smallest absolute Gasteiger partial charge is 0.255 e. The SMILES string of the molecule is CCC1CCN(C(=O)c2cccc(N)c2Br)C1. The minimum absolute atomic E-state index is 0.0834. The summed E-state index contributed by atoms with van der Waals surface area (Å²) in [4.78, 5) is 14.2. The third kappa shape index (κ3) is 2.46. The number of rotatable bonds is 2. The van der Waals surface area contributed by atoms with Gasteiger partial charge in [0.2, 0.25) is 0 Å². The Bertz CT molecular complexity index is 433. The number of anilines is 1. The van der Waals surface area contributed by atoms with Crippen LogP contribution in [-0.2, 0) is 0 Å². The molecule has 2 rings (SSSR count). The number of hydrogen-bond acceptors (Lipinski definition) is 2. The first-order valence-corrected chi connectivity index (χ1v) is 6.76. The minimum Gasteiger partial charge on any atom is -0.398 e. The van der Waals surface area contributed by atoms with Gasteiger partial charge in [-0.2, -0.15) is 0 Å². The lowest BCUT2D eigenvalue weighted by Gasteiger charge is -2.17. The van der Waals surface area contributed by atoms with E-state index in [2.05, 4.69) is 22.9 Å². The van der Waals surface area contributed by atoms with Crippen LogP contribution in [0, 0.1) is 5.92 Å². The Morgan fingerprint density at radius 1 is 1.59 bits per heavy atom. The molecule has 1 aromatic rings. The van der Waals surface area contributed by atoms with Gasteiger partial charge in [-0.1, -0.05) is 19.4 Å². The van der Waals surface area contributed by atoms with Gasteiger partial charge in [0.15, 0.2) is 0 Å². The van der Waals surface area contributed by atoms with Crippen molar-refractivity contribution in [3.8, 4) is 0 Å². The molecule has 0 radical (unpaired) electrons. The van der Waals surface area contributed by atoms with E-state index >= 15 is 0 Å². The van der Waals surface area contributed by atoms with Gasteiger partial charge in [0, 0.05) is 18.8 Å². The highest BCUT2D eigenvalue weighted by molar-refractivity contribution is 9.10. The monoisotopic (exact) mass is 296 g/mol. The third-order valence-corrected chi connectivity index (χ3v) is 4.29. The van der Waals surface area contributed by atoms with Gasteiger partial charge in [-0.15, -0.1) is 0 Å². The van der Waals surface area contributed by atoms with Crippen molar-refractivity contribution in [2.24, 2.45) is 5.92 Å². The van der Waals surface area contributed by atoms with Crippen molar-refractivity contribution in [2.75, 3.05) is 18.8 Å². The number of nitrogens with zero attached hydrogens (tertiary/aromatic N) is 1. The Labute approximate surface area is 110 Å². The maximum Gasteiger partial charge on any atom is 0.255 e. The van der Waals surface area contributed by atoms with Gasteiger partial charge in [0.1, 0.15) is 0 Å². The highest BCUT2D eigenvalue weighted by atomic mass is 79.9. The molecule has 4 heteroatoms. The zero-order valence-corrected chi connectivity index (χ0v) is 11.5. The van der Waals surface area contributed by atoms with Crippen molar-refractivity contribution in [3.63, 3.8) is 0 Å². The molecular formula is C13H17BrN2O. The number of carbonyl (C=O) groups is 1. The van der Waals surface area contributed by atoms with Crippen LogP contribution in [0.5, 0.6) is 0 Å². The molecule has 1 aromatic carbocycles.